The van der Waals surface area contributed by atoms with Crippen LogP contribution in [-0.2, 0) is 6.54 Å². The average molecular weight is 344 g/mol. The van der Waals surface area contributed by atoms with Crippen molar-refractivity contribution in [2.75, 3.05) is 0 Å². The number of rotatable bonds is 4. The zero-order chi connectivity index (χ0) is 14.7. The smallest absolute Gasteiger partial charge is 0.194 e. The van der Waals surface area contributed by atoms with Crippen LogP contribution in [0.4, 0.5) is 13.2 Å². The minimum atomic E-state index is -1.44. The molecule has 2 rings (SSSR count). The van der Waals surface area contributed by atoms with Gasteiger partial charge in [0.15, 0.2) is 17.5 Å². The first kappa shape index (κ1) is 15.1. The van der Waals surface area contributed by atoms with E-state index >= 15 is 0 Å². The molecular formula is C15H13BrF3N. The molecule has 0 unspecified atom stereocenters. The lowest BCUT2D eigenvalue weighted by Crippen LogP contribution is -2.18. The van der Waals surface area contributed by atoms with E-state index in [1.54, 1.807) is 0 Å². The molecule has 0 heterocycles. The Hall–Kier alpha value is -1.33. The topological polar surface area (TPSA) is 12.0 Å². The predicted octanol–water partition coefficient (Wildman–Crippen LogP) is 4.72. The van der Waals surface area contributed by atoms with Gasteiger partial charge in [-0.3, -0.25) is 0 Å². The molecule has 0 aliphatic carbocycles. The summed E-state index contributed by atoms with van der Waals surface area (Å²) in [6.45, 7) is 2.19. The van der Waals surface area contributed by atoms with Crippen molar-refractivity contribution in [1.29, 1.82) is 0 Å². The van der Waals surface area contributed by atoms with Gasteiger partial charge < -0.3 is 5.32 Å². The molecule has 0 aliphatic heterocycles. The van der Waals surface area contributed by atoms with Crippen molar-refractivity contribution in [3.05, 3.63) is 69.4 Å². The van der Waals surface area contributed by atoms with Crippen molar-refractivity contribution in [2.24, 2.45) is 0 Å². The number of halogens is 4. The van der Waals surface area contributed by atoms with E-state index in [2.05, 4.69) is 21.2 Å². The van der Waals surface area contributed by atoms with Gasteiger partial charge in [-0.15, -0.1) is 0 Å². The van der Waals surface area contributed by atoms with Gasteiger partial charge in [0.25, 0.3) is 0 Å². The minimum absolute atomic E-state index is 0.0123. The van der Waals surface area contributed by atoms with Gasteiger partial charge in [-0.2, -0.15) is 0 Å². The molecule has 5 heteroatoms. The van der Waals surface area contributed by atoms with Gasteiger partial charge in [0.2, 0.25) is 0 Å². The third-order valence-corrected chi connectivity index (χ3v) is 3.75. The highest BCUT2D eigenvalue weighted by molar-refractivity contribution is 9.10. The molecule has 1 nitrogen and oxygen atoms in total. The fourth-order valence-corrected chi connectivity index (χ4v) is 2.55. The molecule has 1 N–H and O–H groups in total. The number of nitrogens with one attached hydrogen (secondary N) is 1. The fraction of sp³-hybridized carbons (Fsp3) is 0.200. The Bertz CT molecular complexity index is 593. The third kappa shape index (κ3) is 3.41. The van der Waals surface area contributed by atoms with Crippen LogP contribution >= 0.6 is 15.9 Å². The second kappa shape index (κ2) is 6.41. The minimum Gasteiger partial charge on any atom is -0.306 e. The summed E-state index contributed by atoms with van der Waals surface area (Å²) >= 11 is 3.45. The third-order valence-electron chi connectivity index (χ3n) is 3.03. The van der Waals surface area contributed by atoms with Gasteiger partial charge >= 0.3 is 0 Å². The highest BCUT2D eigenvalue weighted by Crippen LogP contribution is 2.23. The van der Waals surface area contributed by atoms with E-state index in [0.717, 1.165) is 22.2 Å². The van der Waals surface area contributed by atoms with Crippen LogP contribution in [0.1, 0.15) is 24.1 Å². The van der Waals surface area contributed by atoms with Gasteiger partial charge in [0, 0.05) is 17.1 Å². The lowest BCUT2D eigenvalue weighted by Gasteiger charge is -2.16. The van der Waals surface area contributed by atoms with Crippen LogP contribution in [0.5, 0.6) is 0 Å². The Balaban J connectivity index is 2.07. The first-order chi connectivity index (χ1) is 9.49. The number of benzene rings is 2. The largest absolute Gasteiger partial charge is 0.306 e. The van der Waals surface area contributed by atoms with E-state index in [0.29, 0.717) is 5.56 Å². The summed E-state index contributed by atoms with van der Waals surface area (Å²) < 4.78 is 40.0. The highest BCUT2D eigenvalue weighted by Gasteiger charge is 2.12. The molecule has 0 aromatic heterocycles. The van der Waals surface area contributed by atoms with Gasteiger partial charge in [-0.05, 0) is 36.2 Å². The first-order valence-corrected chi connectivity index (χ1v) is 6.89. The van der Waals surface area contributed by atoms with Crippen molar-refractivity contribution in [3.8, 4) is 0 Å². The predicted molar refractivity (Wildman–Crippen MR) is 75.7 cm³/mol. The van der Waals surface area contributed by atoms with Crippen molar-refractivity contribution in [1.82, 2.24) is 5.32 Å². The SMILES string of the molecule is C[C@H](NCc1cc(F)c(F)c(F)c1)c1ccccc1Br. The van der Waals surface area contributed by atoms with Gasteiger partial charge in [-0.25, -0.2) is 13.2 Å². The molecular weight excluding hydrogens is 331 g/mol. The van der Waals surface area contributed by atoms with Crippen LogP contribution in [0.25, 0.3) is 0 Å². The van der Waals surface area contributed by atoms with Crippen LogP contribution in [0, 0.1) is 17.5 Å². The van der Waals surface area contributed by atoms with E-state index < -0.39 is 17.5 Å². The molecule has 0 saturated carbocycles. The molecule has 0 fully saturated rings. The van der Waals surface area contributed by atoms with Crippen molar-refractivity contribution in [3.63, 3.8) is 0 Å². The Morgan fingerprint density at radius 3 is 2.30 bits per heavy atom. The van der Waals surface area contributed by atoms with Crippen LogP contribution < -0.4 is 5.32 Å². The molecule has 20 heavy (non-hydrogen) atoms. The van der Waals surface area contributed by atoms with Crippen molar-refractivity contribution >= 4 is 15.9 Å². The quantitative estimate of drug-likeness (QED) is 0.792. The van der Waals surface area contributed by atoms with E-state index in [4.69, 9.17) is 0 Å². The number of hydrogen-bond acceptors (Lipinski definition) is 1. The van der Waals surface area contributed by atoms with Crippen molar-refractivity contribution in [2.45, 2.75) is 19.5 Å². The average Bonchev–Trinajstić information content (AvgIpc) is 2.42. The summed E-state index contributed by atoms with van der Waals surface area (Å²) in [6, 6.07) is 9.68. The lowest BCUT2D eigenvalue weighted by molar-refractivity contribution is 0.443. The highest BCUT2D eigenvalue weighted by atomic mass is 79.9. The first-order valence-electron chi connectivity index (χ1n) is 6.10. The molecule has 0 bridgehead atoms. The maximum absolute atomic E-state index is 13.1. The van der Waals surface area contributed by atoms with E-state index in [1.165, 1.54) is 0 Å². The molecule has 1 atom stereocenters. The Morgan fingerprint density at radius 2 is 1.70 bits per heavy atom. The van der Waals surface area contributed by atoms with Crippen LogP contribution in [-0.4, -0.2) is 0 Å². The van der Waals surface area contributed by atoms with Crippen LogP contribution in [0.3, 0.4) is 0 Å². The second-order valence-electron chi connectivity index (χ2n) is 4.50. The molecule has 0 saturated heterocycles. The maximum Gasteiger partial charge on any atom is 0.194 e. The second-order valence-corrected chi connectivity index (χ2v) is 5.35. The zero-order valence-electron chi connectivity index (χ0n) is 10.8. The molecule has 106 valence electrons. The lowest BCUT2D eigenvalue weighted by atomic mass is 10.1. The Kier molecular flexibility index (Phi) is 4.83. The van der Waals surface area contributed by atoms with Gasteiger partial charge in [-0.1, -0.05) is 34.1 Å². The van der Waals surface area contributed by atoms with Crippen LogP contribution in [0.2, 0.25) is 0 Å². The number of hydrogen-bond donors (Lipinski definition) is 1. The van der Waals surface area contributed by atoms with Gasteiger partial charge in [0.1, 0.15) is 0 Å². The summed E-state index contributed by atoms with van der Waals surface area (Å²) in [5, 5.41) is 3.14. The summed E-state index contributed by atoms with van der Waals surface area (Å²) in [4.78, 5) is 0. The molecule has 2 aromatic carbocycles. The Morgan fingerprint density at radius 1 is 1.10 bits per heavy atom. The van der Waals surface area contributed by atoms with E-state index in [1.807, 2.05) is 31.2 Å². The maximum atomic E-state index is 13.1. The molecule has 2 aromatic rings. The van der Waals surface area contributed by atoms with E-state index in [9.17, 15) is 13.2 Å². The summed E-state index contributed by atoms with van der Waals surface area (Å²) in [5.74, 6) is -3.78. The standard InChI is InChI=1S/C15H13BrF3N/c1-9(11-4-2-3-5-12(11)16)20-8-10-6-13(17)15(19)14(18)7-10/h2-7,9,20H,8H2,1H3/t9-/m0/s1. The molecule has 0 radical (unpaired) electrons. The Labute approximate surface area is 123 Å². The molecule has 0 amide bonds. The monoisotopic (exact) mass is 343 g/mol. The molecule has 0 aliphatic rings. The summed E-state index contributed by atoms with van der Waals surface area (Å²) in [7, 11) is 0. The van der Waals surface area contributed by atoms with Gasteiger partial charge in [0.05, 0.1) is 0 Å². The van der Waals surface area contributed by atoms with E-state index in [-0.39, 0.29) is 12.6 Å². The summed E-state index contributed by atoms with van der Waals surface area (Å²) in [5.41, 5.74) is 1.40. The summed E-state index contributed by atoms with van der Waals surface area (Å²) in [6.07, 6.45) is 0. The van der Waals surface area contributed by atoms with Crippen LogP contribution in [0.15, 0.2) is 40.9 Å². The zero-order valence-corrected chi connectivity index (χ0v) is 12.3. The molecule has 0 spiro atoms. The van der Waals surface area contributed by atoms with Crippen molar-refractivity contribution < 1.29 is 13.2 Å². The normalized spacial score (nSPS) is 12.4. The fourth-order valence-electron chi connectivity index (χ4n) is 1.92.